The molecule has 1 heterocycles. The summed E-state index contributed by atoms with van der Waals surface area (Å²) in [5.41, 5.74) is 1.01. The van der Waals surface area contributed by atoms with Crippen molar-refractivity contribution >= 4 is 28.8 Å². The smallest absolute Gasteiger partial charge is 0.222 e. The first-order valence-corrected chi connectivity index (χ1v) is 8.93. The minimum atomic E-state index is 0.113. The summed E-state index contributed by atoms with van der Waals surface area (Å²) in [4.78, 5) is 15.3. The third-order valence-electron chi connectivity index (χ3n) is 3.86. The summed E-state index contributed by atoms with van der Waals surface area (Å²) < 4.78 is 5.73. The Bertz CT molecular complexity index is 642. The Morgan fingerprint density at radius 1 is 1.39 bits per heavy atom. The van der Waals surface area contributed by atoms with Crippen molar-refractivity contribution in [3.8, 4) is 5.75 Å². The monoisotopic (exact) mass is 351 g/mol. The molecule has 3 nitrogen and oxygen atoms in total. The minimum Gasteiger partial charge on any atom is -0.493 e. The summed E-state index contributed by atoms with van der Waals surface area (Å²) in [6.45, 7) is 4.54. The van der Waals surface area contributed by atoms with Crippen LogP contribution in [0.15, 0.2) is 35.7 Å². The van der Waals surface area contributed by atoms with Gasteiger partial charge in [-0.3, -0.25) is 4.79 Å². The fraction of sp³-hybridized carbons (Fsp3) is 0.389. The van der Waals surface area contributed by atoms with E-state index in [4.69, 9.17) is 16.3 Å². The molecule has 23 heavy (non-hydrogen) atoms. The predicted molar refractivity (Wildman–Crippen MR) is 96.4 cm³/mol. The number of nitrogens with zero attached hydrogens (tertiary/aromatic N) is 1. The lowest BCUT2D eigenvalue weighted by Gasteiger charge is -2.24. The van der Waals surface area contributed by atoms with Gasteiger partial charge in [0.15, 0.2) is 0 Å². The molecule has 5 heteroatoms. The minimum absolute atomic E-state index is 0.113. The van der Waals surface area contributed by atoms with E-state index in [0.717, 1.165) is 11.3 Å². The fourth-order valence-corrected chi connectivity index (χ4v) is 3.35. The highest BCUT2D eigenvalue weighted by Crippen LogP contribution is 2.24. The predicted octanol–water partition coefficient (Wildman–Crippen LogP) is 5.09. The number of aryl methyl sites for hydroxylation is 1. The van der Waals surface area contributed by atoms with Crippen LogP contribution < -0.4 is 4.74 Å². The van der Waals surface area contributed by atoms with E-state index in [2.05, 4.69) is 13.0 Å². The van der Waals surface area contributed by atoms with Gasteiger partial charge < -0.3 is 9.64 Å². The first-order chi connectivity index (χ1) is 11.0. The molecule has 0 spiro atoms. The van der Waals surface area contributed by atoms with Crippen molar-refractivity contribution in [1.29, 1.82) is 0 Å². The number of halogens is 1. The maximum atomic E-state index is 12.3. The van der Waals surface area contributed by atoms with E-state index < -0.39 is 0 Å². The number of carbonyl (C=O) groups is 1. The Kier molecular flexibility index (Phi) is 6.48. The second-order valence-electron chi connectivity index (χ2n) is 5.56. The van der Waals surface area contributed by atoms with E-state index >= 15 is 0 Å². The zero-order valence-electron chi connectivity index (χ0n) is 13.7. The van der Waals surface area contributed by atoms with Gasteiger partial charge in [0.25, 0.3) is 0 Å². The Morgan fingerprint density at radius 2 is 2.17 bits per heavy atom. The quantitative estimate of drug-likeness (QED) is 0.650. The topological polar surface area (TPSA) is 29.5 Å². The van der Waals surface area contributed by atoms with Crippen LogP contribution in [0.3, 0.4) is 0 Å². The molecule has 0 fully saturated rings. The van der Waals surface area contributed by atoms with Crippen molar-refractivity contribution in [2.24, 2.45) is 0 Å². The van der Waals surface area contributed by atoms with E-state index in [9.17, 15) is 4.79 Å². The number of hydrogen-bond acceptors (Lipinski definition) is 3. The van der Waals surface area contributed by atoms with Crippen LogP contribution in [-0.4, -0.2) is 24.5 Å². The van der Waals surface area contributed by atoms with Crippen molar-refractivity contribution < 1.29 is 9.53 Å². The standard InChI is InChI=1S/C18H22ClNO2S/c1-13-12-15(19)8-9-16(13)22-10-4-7-18(21)20(3)14(2)17-6-5-11-23-17/h5-6,8-9,11-12,14H,4,7,10H2,1-3H3. The summed E-state index contributed by atoms with van der Waals surface area (Å²) in [7, 11) is 1.86. The second kappa shape index (κ2) is 8.37. The van der Waals surface area contributed by atoms with Gasteiger partial charge in [0.1, 0.15) is 5.75 Å². The fourth-order valence-electron chi connectivity index (χ4n) is 2.29. The summed E-state index contributed by atoms with van der Waals surface area (Å²) in [6.07, 6.45) is 1.18. The number of carbonyl (C=O) groups excluding carboxylic acids is 1. The lowest BCUT2D eigenvalue weighted by Crippen LogP contribution is -2.29. The molecular formula is C18H22ClNO2S. The van der Waals surface area contributed by atoms with E-state index in [0.29, 0.717) is 24.5 Å². The van der Waals surface area contributed by atoms with E-state index in [-0.39, 0.29) is 11.9 Å². The zero-order chi connectivity index (χ0) is 16.8. The molecule has 0 aliphatic heterocycles. The number of hydrogen-bond donors (Lipinski definition) is 0. The average Bonchev–Trinajstić information content (AvgIpc) is 3.06. The highest BCUT2D eigenvalue weighted by molar-refractivity contribution is 7.10. The van der Waals surface area contributed by atoms with Crippen LogP contribution in [0.2, 0.25) is 5.02 Å². The van der Waals surface area contributed by atoms with Crippen LogP contribution in [-0.2, 0) is 4.79 Å². The first kappa shape index (κ1) is 17.8. The third-order valence-corrected chi connectivity index (χ3v) is 5.14. The maximum Gasteiger partial charge on any atom is 0.222 e. The molecule has 0 saturated heterocycles. The van der Waals surface area contributed by atoms with Crippen LogP contribution in [0.5, 0.6) is 5.75 Å². The third kappa shape index (κ3) is 4.98. The summed E-state index contributed by atoms with van der Waals surface area (Å²) in [5, 5.41) is 2.74. The molecule has 0 N–H and O–H groups in total. The van der Waals surface area contributed by atoms with Gasteiger partial charge in [-0.2, -0.15) is 0 Å². The van der Waals surface area contributed by atoms with Crippen LogP contribution >= 0.6 is 22.9 Å². The van der Waals surface area contributed by atoms with Crippen LogP contribution in [0, 0.1) is 6.92 Å². The van der Waals surface area contributed by atoms with Gasteiger partial charge in [-0.15, -0.1) is 11.3 Å². The van der Waals surface area contributed by atoms with Crippen molar-refractivity contribution in [3.63, 3.8) is 0 Å². The molecule has 2 rings (SSSR count). The Hall–Kier alpha value is -1.52. The molecule has 1 atom stereocenters. The average molecular weight is 352 g/mol. The first-order valence-electron chi connectivity index (χ1n) is 7.67. The number of thiophene rings is 1. The molecule has 124 valence electrons. The molecule has 0 bridgehead atoms. The van der Waals surface area contributed by atoms with E-state index in [1.807, 2.05) is 43.6 Å². The maximum absolute atomic E-state index is 12.3. The van der Waals surface area contributed by atoms with E-state index in [1.165, 1.54) is 4.88 Å². The van der Waals surface area contributed by atoms with Crippen LogP contribution in [0.25, 0.3) is 0 Å². The molecule has 1 aromatic heterocycles. The van der Waals surface area contributed by atoms with Gasteiger partial charge in [0.05, 0.1) is 12.6 Å². The van der Waals surface area contributed by atoms with Crippen molar-refractivity contribution in [2.75, 3.05) is 13.7 Å². The molecule has 1 unspecified atom stereocenters. The summed E-state index contributed by atoms with van der Waals surface area (Å²) in [6, 6.07) is 9.74. The number of ether oxygens (including phenoxy) is 1. The Labute approximate surface area is 146 Å². The van der Waals surface area contributed by atoms with Gasteiger partial charge in [-0.05, 0) is 55.5 Å². The largest absolute Gasteiger partial charge is 0.493 e. The molecule has 1 aromatic carbocycles. The molecule has 0 radical (unpaired) electrons. The lowest BCUT2D eigenvalue weighted by atomic mass is 10.2. The number of amides is 1. The lowest BCUT2D eigenvalue weighted by molar-refractivity contribution is -0.132. The second-order valence-corrected chi connectivity index (χ2v) is 6.97. The van der Waals surface area contributed by atoms with E-state index in [1.54, 1.807) is 16.2 Å². The van der Waals surface area contributed by atoms with Crippen LogP contribution in [0.1, 0.15) is 36.2 Å². The highest BCUT2D eigenvalue weighted by Gasteiger charge is 2.17. The van der Waals surface area contributed by atoms with Crippen LogP contribution in [0.4, 0.5) is 0 Å². The number of rotatable bonds is 7. The number of benzene rings is 1. The Morgan fingerprint density at radius 3 is 2.83 bits per heavy atom. The molecule has 0 aliphatic carbocycles. The zero-order valence-corrected chi connectivity index (χ0v) is 15.3. The van der Waals surface area contributed by atoms with Crippen molar-refractivity contribution in [3.05, 3.63) is 51.2 Å². The van der Waals surface area contributed by atoms with Crippen molar-refractivity contribution in [2.45, 2.75) is 32.7 Å². The SMILES string of the molecule is Cc1cc(Cl)ccc1OCCCC(=O)N(C)C(C)c1cccs1. The molecule has 1 amide bonds. The summed E-state index contributed by atoms with van der Waals surface area (Å²) in [5.74, 6) is 0.962. The van der Waals surface area contributed by atoms with Gasteiger partial charge in [-0.25, -0.2) is 0 Å². The summed E-state index contributed by atoms with van der Waals surface area (Å²) >= 11 is 7.60. The molecule has 2 aromatic rings. The van der Waals surface area contributed by atoms with Gasteiger partial charge in [0, 0.05) is 23.4 Å². The Balaban J connectivity index is 1.76. The highest BCUT2D eigenvalue weighted by atomic mass is 35.5. The normalized spacial score (nSPS) is 12.0. The van der Waals surface area contributed by atoms with Gasteiger partial charge in [-0.1, -0.05) is 17.7 Å². The van der Waals surface area contributed by atoms with Gasteiger partial charge in [0.2, 0.25) is 5.91 Å². The molecule has 0 saturated carbocycles. The molecule has 0 aliphatic rings. The van der Waals surface area contributed by atoms with Gasteiger partial charge >= 0.3 is 0 Å². The molecular weight excluding hydrogens is 330 g/mol. The van der Waals surface area contributed by atoms with Crippen molar-refractivity contribution in [1.82, 2.24) is 4.90 Å².